The fraction of sp³-hybridized carbons (Fsp3) is 0.125. The van der Waals surface area contributed by atoms with Crippen molar-refractivity contribution < 1.29 is 14.7 Å². The van der Waals surface area contributed by atoms with E-state index in [0.29, 0.717) is 5.69 Å². The molecule has 0 fully saturated rings. The topological polar surface area (TPSA) is 84.6 Å². The molecule has 0 aliphatic carbocycles. The van der Waals surface area contributed by atoms with E-state index in [1.165, 1.54) is 6.07 Å². The molecule has 5 nitrogen and oxygen atoms in total. The summed E-state index contributed by atoms with van der Waals surface area (Å²) in [6.45, 7) is -0.242. The molecular formula is C8H10N2O3. The fourth-order valence-corrected chi connectivity index (χ4v) is 0.841. The molecule has 0 bridgehead atoms. The van der Waals surface area contributed by atoms with E-state index in [1.807, 2.05) is 0 Å². The molecule has 0 aliphatic rings. The minimum atomic E-state index is -0.413. The van der Waals surface area contributed by atoms with E-state index in [4.69, 9.17) is 5.90 Å². The molecule has 1 amide bonds. The first-order valence-electron chi connectivity index (χ1n) is 3.63. The van der Waals surface area contributed by atoms with Crippen LogP contribution in [0.4, 0.5) is 5.69 Å². The molecule has 0 radical (unpaired) electrons. The van der Waals surface area contributed by atoms with Crippen LogP contribution in [-0.2, 0) is 9.63 Å². The monoisotopic (exact) mass is 182 g/mol. The summed E-state index contributed by atoms with van der Waals surface area (Å²) in [5.74, 6) is 4.29. The van der Waals surface area contributed by atoms with Crippen molar-refractivity contribution in [3.05, 3.63) is 24.3 Å². The third-order valence-corrected chi connectivity index (χ3v) is 1.39. The summed E-state index contributed by atoms with van der Waals surface area (Å²) < 4.78 is 0. The van der Waals surface area contributed by atoms with Crippen molar-refractivity contribution in [2.45, 2.75) is 0 Å². The maximum Gasteiger partial charge on any atom is 0.252 e. The Morgan fingerprint density at radius 1 is 1.54 bits per heavy atom. The van der Waals surface area contributed by atoms with Crippen LogP contribution in [0.3, 0.4) is 0 Å². The fourth-order valence-electron chi connectivity index (χ4n) is 0.841. The van der Waals surface area contributed by atoms with Gasteiger partial charge < -0.3 is 10.4 Å². The molecule has 1 aromatic carbocycles. The molecule has 0 atom stereocenters. The summed E-state index contributed by atoms with van der Waals surface area (Å²) in [6, 6.07) is 6.39. The first-order chi connectivity index (χ1) is 6.24. The lowest BCUT2D eigenvalue weighted by Crippen LogP contribution is -2.20. The van der Waals surface area contributed by atoms with Gasteiger partial charge in [0, 0.05) is 0 Å². The Kier molecular flexibility index (Phi) is 3.24. The first-order valence-corrected chi connectivity index (χ1v) is 3.63. The van der Waals surface area contributed by atoms with Gasteiger partial charge in [-0.15, -0.1) is 0 Å². The van der Waals surface area contributed by atoms with E-state index >= 15 is 0 Å². The van der Waals surface area contributed by atoms with Crippen LogP contribution < -0.4 is 11.2 Å². The number of amides is 1. The SMILES string of the molecule is NOCC(=O)Nc1ccccc1O. The Morgan fingerprint density at radius 2 is 2.23 bits per heavy atom. The van der Waals surface area contributed by atoms with Gasteiger partial charge in [-0.05, 0) is 12.1 Å². The Labute approximate surface area is 75.1 Å². The molecule has 0 heterocycles. The highest BCUT2D eigenvalue weighted by molar-refractivity contribution is 5.92. The Morgan fingerprint density at radius 3 is 2.85 bits per heavy atom. The molecule has 4 N–H and O–H groups in total. The lowest BCUT2D eigenvalue weighted by atomic mass is 10.3. The molecule has 70 valence electrons. The van der Waals surface area contributed by atoms with Gasteiger partial charge >= 0.3 is 0 Å². The molecule has 0 unspecified atom stereocenters. The van der Waals surface area contributed by atoms with Gasteiger partial charge in [0.15, 0.2) is 0 Å². The maximum absolute atomic E-state index is 10.9. The molecular weight excluding hydrogens is 172 g/mol. The third-order valence-electron chi connectivity index (χ3n) is 1.39. The van der Waals surface area contributed by atoms with Crippen molar-refractivity contribution in [3.8, 4) is 5.75 Å². The Hall–Kier alpha value is -1.59. The van der Waals surface area contributed by atoms with E-state index in [-0.39, 0.29) is 12.4 Å². The van der Waals surface area contributed by atoms with Gasteiger partial charge in [0.05, 0.1) is 5.69 Å². The normalized spacial score (nSPS) is 9.62. The second-order valence-corrected chi connectivity index (χ2v) is 2.38. The van der Waals surface area contributed by atoms with Crippen LogP contribution in [0.25, 0.3) is 0 Å². The van der Waals surface area contributed by atoms with Gasteiger partial charge in [-0.25, -0.2) is 5.90 Å². The molecule has 0 aliphatic heterocycles. The van der Waals surface area contributed by atoms with Crippen LogP contribution in [0.2, 0.25) is 0 Å². The molecule has 13 heavy (non-hydrogen) atoms. The third kappa shape index (κ3) is 2.73. The molecule has 0 saturated carbocycles. The number of nitrogens with one attached hydrogen (secondary N) is 1. The highest BCUT2D eigenvalue weighted by atomic mass is 16.6. The van der Waals surface area contributed by atoms with Crippen LogP contribution >= 0.6 is 0 Å². The number of benzene rings is 1. The number of hydrogen-bond donors (Lipinski definition) is 3. The summed E-state index contributed by atoms with van der Waals surface area (Å²) in [5, 5.41) is 11.7. The number of carbonyl (C=O) groups is 1. The van der Waals surface area contributed by atoms with Crippen molar-refractivity contribution in [3.63, 3.8) is 0 Å². The second-order valence-electron chi connectivity index (χ2n) is 2.38. The van der Waals surface area contributed by atoms with E-state index in [0.717, 1.165) is 0 Å². The number of hydrogen-bond acceptors (Lipinski definition) is 4. The minimum absolute atomic E-state index is 0.00729. The van der Waals surface area contributed by atoms with Gasteiger partial charge in [-0.3, -0.25) is 9.63 Å². The van der Waals surface area contributed by atoms with Crippen molar-refractivity contribution in [1.29, 1.82) is 0 Å². The molecule has 0 spiro atoms. The van der Waals surface area contributed by atoms with E-state index < -0.39 is 5.91 Å². The van der Waals surface area contributed by atoms with E-state index in [2.05, 4.69) is 10.2 Å². The Bertz CT molecular complexity index is 301. The number of anilines is 1. The number of para-hydroxylation sites is 2. The van der Waals surface area contributed by atoms with Crippen molar-refractivity contribution in [1.82, 2.24) is 0 Å². The minimum Gasteiger partial charge on any atom is -0.506 e. The van der Waals surface area contributed by atoms with Crippen molar-refractivity contribution in [2.75, 3.05) is 11.9 Å². The van der Waals surface area contributed by atoms with Crippen molar-refractivity contribution >= 4 is 11.6 Å². The van der Waals surface area contributed by atoms with Gasteiger partial charge in [-0.1, -0.05) is 12.1 Å². The molecule has 5 heteroatoms. The van der Waals surface area contributed by atoms with Gasteiger partial charge in [0.2, 0.25) is 0 Å². The lowest BCUT2D eigenvalue weighted by molar-refractivity contribution is -0.120. The summed E-state index contributed by atoms with van der Waals surface area (Å²) >= 11 is 0. The largest absolute Gasteiger partial charge is 0.506 e. The quantitative estimate of drug-likeness (QED) is 0.461. The molecule has 1 aromatic rings. The number of nitrogens with two attached hydrogens (primary N) is 1. The summed E-state index contributed by atoms with van der Waals surface area (Å²) in [4.78, 5) is 15.1. The summed E-state index contributed by atoms with van der Waals surface area (Å²) in [6.07, 6.45) is 0. The highest BCUT2D eigenvalue weighted by Gasteiger charge is 2.04. The average molecular weight is 182 g/mol. The van der Waals surface area contributed by atoms with Crippen LogP contribution in [0.1, 0.15) is 0 Å². The van der Waals surface area contributed by atoms with Gasteiger partial charge in [0.25, 0.3) is 5.91 Å². The van der Waals surface area contributed by atoms with Gasteiger partial charge in [-0.2, -0.15) is 0 Å². The predicted molar refractivity (Wildman–Crippen MR) is 46.9 cm³/mol. The number of aromatic hydroxyl groups is 1. The van der Waals surface area contributed by atoms with Crippen LogP contribution in [-0.4, -0.2) is 17.6 Å². The molecule has 1 rings (SSSR count). The molecule has 0 aromatic heterocycles. The molecule has 0 saturated heterocycles. The standard InChI is InChI=1S/C8H10N2O3/c9-13-5-8(12)10-6-3-1-2-4-7(6)11/h1-4,11H,5,9H2,(H,10,12). The number of carbonyl (C=O) groups excluding carboxylic acids is 1. The zero-order chi connectivity index (χ0) is 9.68. The van der Waals surface area contributed by atoms with E-state index in [9.17, 15) is 9.90 Å². The zero-order valence-electron chi connectivity index (χ0n) is 6.86. The smallest absolute Gasteiger partial charge is 0.252 e. The average Bonchev–Trinajstić information content (AvgIpc) is 2.09. The van der Waals surface area contributed by atoms with E-state index in [1.54, 1.807) is 18.2 Å². The maximum atomic E-state index is 10.9. The van der Waals surface area contributed by atoms with Crippen molar-refractivity contribution in [2.24, 2.45) is 5.90 Å². The summed E-state index contributed by atoms with van der Waals surface area (Å²) in [5.41, 5.74) is 0.338. The first kappa shape index (κ1) is 9.50. The lowest BCUT2D eigenvalue weighted by Gasteiger charge is -2.05. The highest BCUT2D eigenvalue weighted by Crippen LogP contribution is 2.20. The van der Waals surface area contributed by atoms with Crippen LogP contribution in [0.5, 0.6) is 5.75 Å². The zero-order valence-corrected chi connectivity index (χ0v) is 6.86. The summed E-state index contributed by atoms with van der Waals surface area (Å²) in [7, 11) is 0. The number of phenols is 1. The van der Waals surface area contributed by atoms with Crippen LogP contribution in [0.15, 0.2) is 24.3 Å². The van der Waals surface area contributed by atoms with Gasteiger partial charge in [0.1, 0.15) is 12.4 Å². The Balaban J connectivity index is 2.63. The second kappa shape index (κ2) is 4.44. The number of phenolic OH excluding ortho intramolecular Hbond substituents is 1. The number of rotatable bonds is 3. The predicted octanol–water partition coefficient (Wildman–Crippen LogP) is 0.221. The van der Waals surface area contributed by atoms with Crippen LogP contribution in [0, 0.1) is 0 Å².